The quantitative estimate of drug-likeness (QED) is 0.624. The molecular weight excluding hydrogens is 272 g/mol. The highest BCUT2D eigenvalue weighted by atomic mass is 16.6. The zero-order chi connectivity index (χ0) is 15.2. The predicted octanol–water partition coefficient (Wildman–Crippen LogP) is 2.11. The van der Waals surface area contributed by atoms with Gasteiger partial charge < -0.3 is 10.1 Å². The largest absolute Gasteiger partial charge is 0.488 e. The molecule has 0 saturated carbocycles. The molecule has 7 nitrogen and oxygen atoms in total. The Bertz CT molecular complexity index is 624. The summed E-state index contributed by atoms with van der Waals surface area (Å²) < 4.78 is 7.57. The highest BCUT2D eigenvalue weighted by Crippen LogP contribution is 2.25. The normalized spacial score (nSPS) is 10.6. The first-order chi connectivity index (χ1) is 10.1. The molecule has 2 rings (SSSR count). The zero-order valence-corrected chi connectivity index (χ0v) is 12.1. The van der Waals surface area contributed by atoms with Crippen LogP contribution in [0.2, 0.25) is 0 Å². The van der Waals surface area contributed by atoms with Gasteiger partial charge in [-0.15, -0.1) is 0 Å². The summed E-state index contributed by atoms with van der Waals surface area (Å²) in [7, 11) is 1.79. The first-order valence-corrected chi connectivity index (χ1v) is 6.70. The van der Waals surface area contributed by atoms with Crippen LogP contribution >= 0.6 is 0 Å². The molecule has 1 N–H and O–H groups in total. The van der Waals surface area contributed by atoms with Crippen LogP contribution in [0, 0.1) is 10.1 Å². The van der Waals surface area contributed by atoms with Crippen LogP contribution in [0.1, 0.15) is 18.1 Å². The number of benzene rings is 1. The van der Waals surface area contributed by atoms with Gasteiger partial charge in [-0.1, -0.05) is 0 Å². The van der Waals surface area contributed by atoms with Crippen molar-refractivity contribution in [2.24, 2.45) is 0 Å². The van der Waals surface area contributed by atoms with Gasteiger partial charge >= 0.3 is 0 Å². The topological polar surface area (TPSA) is 82.2 Å². The number of hydrogen-bond donors (Lipinski definition) is 1. The van der Waals surface area contributed by atoms with Crippen molar-refractivity contribution in [3.8, 4) is 5.75 Å². The molecule has 0 radical (unpaired) electrons. The fourth-order valence-electron chi connectivity index (χ4n) is 1.96. The van der Waals surface area contributed by atoms with Crippen LogP contribution in [0.5, 0.6) is 5.75 Å². The first-order valence-electron chi connectivity index (χ1n) is 6.70. The molecule has 1 aromatic carbocycles. The van der Waals surface area contributed by atoms with Crippen molar-refractivity contribution in [2.75, 3.05) is 7.05 Å². The molecule has 1 heterocycles. The molecule has 1 aromatic heterocycles. The summed E-state index contributed by atoms with van der Waals surface area (Å²) in [5.74, 6) is 0.638. The van der Waals surface area contributed by atoms with Gasteiger partial charge in [0.1, 0.15) is 12.4 Å². The number of ether oxygens (including phenoxy) is 1. The highest BCUT2D eigenvalue weighted by molar-refractivity contribution is 5.43. The summed E-state index contributed by atoms with van der Waals surface area (Å²) in [6.45, 7) is 3.71. The van der Waals surface area contributed by atoms with Crippen LogP contribution in [0.4, 0.5) is 5.69 Å². The van der Waals surface area contributed by atoms with E-state index in [0.717, 1.165) is 17.7 Å². The van der Waals surface area contributed by atoms with E-state index in [1.54, 1.807) is 19.3 Å². The molecule has 0 aliphatic heterocycles. The smallest absolute Gasteiger partial charge is 0.270 e. The number of aromatic nitrogens is 2. The molecule has 0 fully saturated rings. The van der Waals surface area contributed by atoms with Gasteiger partial charge in [0.2, 0.25) is 0 Å². The third-order valence-corrected chi connectivity index (χ3v) is 3.03. The Morgan fingerprint density at radius 3 is 2.90 bits per heavy atom. The minimum Gasteiger partial charge on any atom is -0.488 e. The average Bonchev–Trinajstić information content (AvgIpc) is 2.94. The summed E-state index contributed by atoms with van der Waals surface area (Å²) in [4.78, 5) is 10.4. The minimum absolute atomic E-state index is 0.0615. The van der Waals surface area contributed by atoms with Gasteiger partial charge in [0.25, 0.3) is 5.69 Å². The Kier molecular flexibility index (Phi) is 4.89. The molecule has 21 heavy (non-hydrogen) atoms. The van der Waals surface area contributed by atoms with Crippen LogP contribution in [0.3, 0.4) is 0 Å². The van der Waals surface area contributed by atoms with Gasteiger partial charge in [-0.25, -0.2) is 0 Å². The molecule has 2 aromatic rings. The van der Waals surface area contributed by atoms with Crippen molar-refractivity contribution in [3.63, 3.8) is 0 Å². The second-order valence-corrected chi connectivity index (χ2v) is 4.57. The molecule has 0 spiro atoms. The van der Waals surface area contributed by atoms with Crippen LogP contribution in [0.15, 0.2) is 30.6 Å². The van der Waals surface area contributed by atoms with E-state index in [0.29, 0.717) is 18.9 Å². The number of rotatable bonds is 7. The van der Waals surface area contributed by atoms with Crippen LogP contribution < -0.4 is 10.1 Å². The van der Waals surface area contributed by atoms with Crippen LogP contribution in [0.25, 0.3) is 0 Å². The molecule has 0 unspecified atom stereocenters. The predicted molar refractivity (Wildman–Crippen MR) is 78.1 cm³/mol. The average molecular weight is 290 g/mol. The Morgan fingerprint density at radius 1 is 1.48 bits per heavy atom. The lowest BCUT2D eigenvalue weighted by Gasteiger charge is -2.10. The van der Waals surface area contributed by atoms with E-state index in [2.05, 4.69) is 10.4 Å². The van der Waals surface area contributed by atoms with Crippen LogP contribution in [-0.2, 0) is 19.7 Å². The third kappa shape index (κ3) is 3.79. The second-order valence-electron chi connectivity index (χ2n) is 4.57. The maximum absolute atomic E-state index is 10.8. The Morgan fingerprint density at radius 2 is 2.29 bits per heavy atom. The molecule has 0 aliphatic rings. The zero-order valence-electron chi connectivity index (χ0n) is 12.1. The maximum atomic E-state index is 10.8. The van der Waals surface area contributed by atoms with Crippen molar-refractivity contribution < 1.29 is 9.66 Å². The standard InChI is InChI=1S/C14H18N4O3/c1-3-17-9-11(7-16-17)10-21-14-5-4-13(18(19)20)6-12(14)8-15-2/h4-7,9,15H,3,8,10H2,1-2H3. The van der Waals surface area contributed by atoms with E-state index in [-0.39, 0.29) is 5.69 Å². The lowest BCUT2D eigenvalue weighted by molar-refractivity contribution is -0.384. The van der Waals surface area contributed by atoms with Crippen molar-refractivity contribution in [2.45, 2.75) is 26.6 Å². The van der Waals surface area contributed by atoms with E-state index in [4.69, 9.17) is 4.74 Å². The van der Waals surface area contributed by atoms with Gasteiger partial charge in [-0.05, 0) is 20.0 Å². The summed E-state index contributed by atoms with van der Waals surface area (Å²) in [6, 6.07) is 4.61. The third-order valence-electron chi connectivity index (χ3n) is 3.03. The monoisotopic (exact) mass is 290 g/mol. The molecule has 0 bridgehead atoms. The number of nitro benzene ring substituents is 1. The number of aryl methyl sites for hydroxylation is 1. The van der Waals surface area contributed by atoms with Gasteiger partial charge in [-0.2, -0.15) is 5.10 Å². The summed E-state index contributed by atoms with van der Waals surface area (Å²) >= 11 is 0. The summed E-state index contributed by atoms with van der Waals surface area (Å²) in [5, 5.41) is 18.0. The molecular formula is C14H18N4O3. The first kappa shape index (κ1) is 15.0. The fraction of sp³-hybridized carbons (Fsp3) is 0.357. The fourth-order valence-corrected chi connectivity index (χ4v) is 1.96. The van der Waals surface area contributed by atoms with E-state index in [1.807, 2.05) is 17.8 Å². The molecule has 0 saturated heterocycles. The number of hydrogen-bond acceptors (Lipinski definition) is 5. The molecule has 0 atom stereocenters. The van der Waals surface area contributed by atoms with Crippen molar-refractivity contribution in [3.05, 3.63) is 51.8 Å². The lowest BCUT2D eigenvalue weighted by atomic mass is 10.1. The van der Waals surface area contributed by atoms with E-state index in [1.165, 1.54) is 12.1 Å². The van der Waals surface area contributed by atoms with E-state index in [9.17, 15) is 10.1 Å². The molecule has 0 amide bonds. The SMILES string of the molecule is CCn1cc(COc2ccc([N+](=O)[O-])cc2CNC)cn1. The number of non-ortho nitro benzene ring substituents is 1. The van der Waals surface area contributed by atoms with Gasteiger partial charge in [0.15, 0.2) is 0 Å². The van der Waals surface area contributed by atoms with Crippen molar-refractivity contribution in [1.29, 1.82) is 0 Å². The Hall–Kier alpha value is -2.41. The lowest BCUT2D eigenvalue weighted by Crippen LogP contribution is -2.08. The summed E-state index contributed by atoms with van der Waals surface area (Å²) in [6.07, 6.45) is 3.68. The number of nitrogens with one attached hydrogen (secondary N) is 1. The molecule has 112 valence electrons. The van der Waals surface area contributed by atoms with Gasteiger partial charge in [0, 0.05) is 42.5 Å². The van der Waals surface area contributed by atoms with Gasteiger partial charge in [0.05, 0.1) is 11.1 Å². The van der Waals surface area contributed by atoms with Crippen LogP contribution in [-0.4, -0.2) is 21.8 Å². The Balaban J connectivity index is 2.12. The number of nitro groups is 1. The second kappa shape index (κ2) is 6.85. The van der Waals surface area contributed by atoms with Crippen molar-refractivity contribution >= 4 is 5.69 Å². The van der Waals surface area contributed by atoms with Crippen molar-refractivity contribution in [1.82, 2.24) is 15.1 Å². The Labute approximate surface area is 122 Å². The van der Waals surface area contributed by atoms with E-state index >= 15 is 0 Å². The molecule has 7 heteroatoms. The summed E-state index contributed by atoms with van der Waals surface area (Å²) in [5.41, 5.74) is 1.78. The maximum Gasteiger partial charge on any atom is 0.270 e. The van der Waals surface area contributed by atoms with E-state index < -0.39 is 4.92 Å². The number of nitrogens with zero attached hydrogens (tertiary/aromatic N) is 3. The highest BCUT2D eigenvalue weighted by Gasteiger charge is 2.11. The van der Waals surface area contributed by atoms with Gasteiger partial charge in [-0.3, -0.25) is 14.8 Å². The minimum atomic E-state index is -0.409. The molecule has 0 aliphatic carbocycles.